The van der Waals surface area contributed by atoms with Crippen LogP contribution < -0.4 is 25.0 Å². The minimum atomic E-state index is -4.66. The molecule has 18 heteroatoms. The Morgan fingerprint density at radius 1 is 0.857 bits per heavy atom. The van der Waals surface area contributed by atoms with Gasteiger partial charge in [0, 0.05) is 62.4 Å². The van der Waals surface area contributed by atoms with Gasteiger partial charge in [-0.1, -0.05) is 6.07 Å². The highest BCUT2D eigenvalue weighted by Crippen LogP contribution is 2.42. The number of imide groups is 1. The number of unbranched alkanes of at least 4 members (excludes halogenated alkanes) is 1. The van der Waals surface area contributed by atoms with Crippen molar-refractivity contribution >= 4 is 46.0 Å². The van der Waals surface area contributed by atoms with Crippen molar-refractivity contribution < 1.29 is 41.8 Å². The van der Waals surface area contributed by atoms with Gasteiger partial charge in [-0.2, -0.15) is 18.3 Å². The summed E-state index contributed by atoms with van der Waals surface area (Å²) in [6.07, 6.45) is 5.88. The predicted octanol–water partition coefficient (Wildman–Crippen LogP) is 6.60. The van der Waals surface area contributed by atoms with Gasteiger partial charge in [0.15, 0.2) is 0 Å². The third-order valence-electron chi connectivity index (χ3n) is 13.3. The first-order chi connectivity index (χ1) is 30.3. The summed E-state index contributed by atoms with van der Waals surface area (Å²) in [5.41, 5.74) is 0.765. The molecule has 1 spiro atoms. The SMILES string of the molecule is COc1cc2nn(C3CCN(CCCCN4CCC5(CC4)CCN(C(=O)c4ccc(OC)c(N6CCC(=O)NC6=O)c4)CC5)CC3)cc2cc1NC(=O)c1cccc(C(F)(F)F)n1. The first kappa shape index (κ1) is 43.9. The molecule has 0 aliphatic carbocycles. The zero-order valence-corrected chi connectivity index (χ0v) is 35.7. The fourth-order valence-electron chi connectivity index (χ4n) is 9.45. The number of nitrogens with zero attached hydrogens (tertiary/aromatic N) is 7. The van der Waals surface area contributed by atoms with Crippen molar-refractivity contribution in [1.82, 2.24) is 34.8 Å². The summed E-state index contributed by atoms with van der Waals surface area (Å²) in [6, 6.07) is 11.5. The Hall–Kier alpha value is -5.75. The molecule has 4 aromatic rings. The van der Waals surface area contributed by atoms with Crippen LogP contribution in [0.15, 0.2) is 54.7 Å². The Balaban J connectivity index is 0.750. The topological polar surface area (TPSA) is 154 Å². The van der Waals surface area contributed by atoms with Gasteiger partial charge < -0.3 is 29.5 Å². The molecule has 63 heavy (non-hydrogen) atoms. The summed E-state index contributed by atoms with van der Waals surface area (Å²) in [4.78, 5) is 62.8. The number of hydrogen-bond donors (Lipinski definition) is 2. The van der Waals surface area contributed by atoms with Crippen molar-refractivity contribution in [2.75, 3.05) is 83.3 Å². The number of anilines is 2. The molecule has 0 bridgehead atoms. The summed E-state index contributed by atoms with van der Waals surface area (Å²) < 4.78 is 52.5. The number of alkyl halides is 3. The monoisotopic (exact) mass is 873 g/mol. The second-order valence-corrected chi connectivity index (χ2v) is 17.1. The Morgan fingerprint density at radius 3 is 2.21 bits per heavy atom. The normalized spacial score (nSPS) is 19.1. The highest BCUT2D eigenvalue weighted by atomic mass is 19.4. The standard InChI is InChI=1S/C45H54F3N9O6/c1-62-37-9-8-30(27-36(37)56-21-12-40(58)51-43(56)61)42(60)55-24-15-44(16-25-55)13-22-54(23-14-44)18-4-3-17-53-19-10-32(11-20-53)57-29-31-26-35(38(63-2)28-34(31)52-57)50-41(59)33-6-5-7-39(49-33)45(46,47)48/h5-9,26-29,32H,3-4,10-25H2,1-2H3,(H,50,59)(H,51,58,61). The minimum absolute atomic E-state index is 0.0561. The molecule has 0 saturated carbocycles. The van der Waals surface area contributed by atoms with Gasteiger partial charge in [-0.3, -0.25) is 29.3 Å². The number of carbonyl (C=O) groups excluding carboxylic acids is 4. The number of carbonyl (C=O) groups is 4. The van der Waals surface area contributed by atoms with E-state index in [2.05, 4.69) is 25.4 Å². The third kappa shape index (κ3) is 9.91. The Bertz CT molecular complexity index is 2330. The van der Waals surface area contributed by atoms with E-state index in [0.717, 1.165) is 108 Å². The second-order valence-electron chi connectivity index (χ2n) is 17.1. The molecule has 6 heterocycles. The van der Waals surface area contributed by atoms with E-state index in [0.29, 0.717) is 47.0 Å². The summed E-state index contributed by atoms with van der Waals surface area (Å²) in [6.45, 7) is 7.86. The van der Waals surface area contributed by atoms with E-state index in [1.807, 2.05) is 15.8 Å². The van der Waals surface area contributed by atoms with Gasteiger partial charge in [-0.25, -0.2) is 9.78 Å². The number of aromatic nitrogens is 3. The molecule has 4 saturated heterocycles. The second kappa shape index (κ2) is 18.5. The summed E-state index contributed by atoms with van der Waals surface area (Å²) >= 11 is 0. The van der Waals surface area contributed by atoms with Crippen molar-refractivity contribution in [2.45, 2.75) is 70.0 Å². The fourth-order valence-corrected chi connectivity index (χ4v) is 9.45. The number of piperidine rings is 3. The maximum atomic E-state index is 13.6. The van der Waals surface area contributed by atoms with Gasteiger partial charge in [0.2, 0.25) is 5.91 Å². The molecule has 336 valence electrons. The highest BCUT2D eigenvalue weighted by Gasteiger charge is 2.39. The number of rotatable bonds is 12. The number of benzene rings is 2. The molecule has 4 aliphatic rings. The maximum absolute atomic E-state index is 13.6. The van der Waals surface area contributed by atoms with E-state index in [-0.39, 0.29) is 41.9 Å². The van der Waals surface area contributed by atoms with Gasteiger partial charge in [0.1, 0.15) is 22.9 Å². The van der Waals surface area contributed by atoms with E-state index >= 15 is 0 Å². The van der Waals surface area contributed by atoms with Crippen LogP contribution in [0.2, 0.25) is 0 Å². The van der Waals surface area contributed by atoms with E-state index in [1.54, 1.807) is 30.3 Å². The summed E-state index contributed by atoms with van der Waals surface area (Å²) in [7, 11) is 2.98. The number of pyridine rings is 1. The molecule has 4 aliphatic heterocycles. The highest BCUT2D eigenvalue weighted by molar-refractivity contribution is 6.07. The van der Waals surface area contributed by atoms with E-state index in [4.69, 9.17) is 14.6 Å². The fraction of sp³-hybridized carbons (Fsp3) is 0.511. The van der Waals surface area contributed by atoms with Crippen molar-refractivity contribution in [2.24, 2.45) is 5.41 Å². The molecule has 2 aromatic carbocycles. The first-order valence-electron chi connectivity index (χ1n) is 21.8. The molecular weight excluding hydrogens is 820 g/mol. The Kier molecular flexibility index (Phi) is 12.9. The number of fused-ring (bicyclic) bond motifs is 1. The smallest absolute Gasteiger partial charge is 0.433 e. The lowest BCUT2D eigenvalue weighted by Gasteiger charge is -2.47. The number of methoxy groups -OCH3 is 2. The molecule has 5 amide bonds. The lowest BCUT2D eigenvalue weighted by Crippen LogP contribution is -2.50. The average Bonchev–Trinajstić information content (AvgIpc) is 3.71. The molecule has 15 nitrogen and oxygen atoms in total. The number of nitrogens with one attached hydrogen (secondary N) is 2. The summed E-state index contributed by atoms with van der Waals surface area (Å²) in [5, 5.41) is 10.6. The van der Waals surface area contributed by atoms with Crippen LogP contribution in [0, 0.1) is 5.41 Å². The number of ether oxygens (including phenoxy) is 2. The van der Waals surface area contributed by atoms with E-state index in [1.165, 1.54) is 25.2 Å². The van der Waals surface area contributed by atoms with Crippen molar-refractivity contribution in [3.05, 3.63) is 71.7 Å². The van der Waals surface area contributed by atoms with Crippen LogP contribution in [0.1, 0.15) is 90.4 Å². The Labute approximate surface area is 363 Å². The van der Waals surface area contributed by atoms with E-state index in [9.17, 15) is 32.3 Å². The molecule has 0 atom stereocenters. The number of urea groups is 1. The number of likely N-dealkylation sites (tertiary alicyclic amines) is 3. The largest absolute Gasteiger partial charge is 0.495 e. The summed E-state index contributed by atoms with van der Waals surface area (Å²) in [5.74, 6) is -0.337. The van der Waals surface area contributed by atoms with Crippen molar-refractivity contribution in [3.63, 3.8) is 0 Å². The molecule has 8 rings (SSSR count). The van der Waals surface area contributed by atoms with Crippen LogP contribution in [-0.2, 0) is 11.0 Å². The van der Waals surface area contributed by atoms with Gasteiger partial charge in [-0.15, -0.1) is 0 Å². The predicted molar refractivity (Wildman–Crippen MR) is 229 cm³/mol. The molecule has 4 fully saturated rings. The van der Waals surface area contributed by atoms with Gasteiger partial charge in [0.25, 0.3) is 11.8 Å². The van der Waals surface area contributed by atoms with Gasteiger partial charge >= 0.3 is 12.2 Å². The van der Waals surface area contributed by atoms with Crippen LogP contribution >= 0.6 is 0 Å². The van der Waals surface area contributed by atoms with Gasteiger partial charge in [0.05, 0.1) is 37.2 Å². The zero-order chi connectivity index (χ0) is 44.3. The van der Waals surface area contributed by atoms with Crippen molar-refractivity contribution in [1.29, 1.82) is 0 Å². The van der Waals surface area contributed by atoms with Crippen LogP contribution in [-0.4, -0.2) is 126 Å². The number of halogens is 3. The quantitative estimate of drug-likeness (QED) is 0.149. The molecule has 2 N–H and O–H groups in total. The van der Waals surface area contributed by atoms with Crippen LogP contribution in [0.25, 0.3) is 10.9 Å². The molecule has 2 aromatic heterocycles. The van der Waals surface area contributed by atoms with Crippen LogP contribution in [0.5, 0.6) is 11.5 Å². The van der Waals surface area contributed by atoms with Crippen molar-refractivity contribution in [3.8, 4) is 11.5 Å². The van der Waals surface area contributed by atoms with Crippen LogP contribution in [0.4, 0.5) is 29.3 Å². The number of hydrogen-bond acceptors (Lipinski definition) is 10. The van der Waals surface area contributed by atoms with E-state index < -0.39 is 23.8 Å². The molecule has 0 radical (unpaired) electrons. The first-order valence-corrected chi connectivity index (χ1v) is 21.8. The minimum Gasteiger partial charge on any atom is -0.495 e. The zero-order valence-electron chi connectivity index (χ0n) is 35.7. The Morgan fingerprint density at radius 2 is 1.54 bits per heavy atom. The molecular formula is C45H54F3N9O6. The lowest BCUT2D eigenvalue weighted by molar-refractivity contribution is -0.141. The third-order valence-corrected chi connectivity index (χ3v) is 13.3. The molecule has 0 unspecified atom stereocenters. The maximum Gasteiger partial charge on any atom is 0.433 e. The van der Waals surface area contributed by atoms with Crippen LogP contribution in [0.3, 0.4) is 0 Å². The lowest BCUT2D eigenvalue weighted by atomic mass is 9.71. The number of amides is 5. The van der Waals surface area contributed by atoms with Gasteiger partial charge in [-0.05, 0) is 119 Å². The average molecular weight is 874 g/mol.